The Kier molecular flexibility index (Phi) is 7.70. The molecule has 0 bridgehead atoms. The van der Waals surface area contributed by atoms with Gasteiger partial charge in [-0.15, -0.1) is 0 Å². The standard InChI is InChI=1S/C9H20N2O2S/c1-3-14(13)7-6-11-9(12)5-4-8(2)10/h8H,3-7,10H2,1-2H3,(H,11,12). The second-order valence-corrected chi connectivity index (χ2v) is 5.16. The average molecular weight is 220 g/mol. The SMILES string of the molecule is CCS(=O)CCNC(=O)CCC(C)N. The molecule has 0 heterocycles. The fourth-order valence-corrected chi connectivity index (χ4v) is 1.51. The van der Waals surface area contributed by atoms with Gasteiger partial charge < -0.3 is 11.1 Å². The molecule has 0 aliphatic heterocycles. The van der Waals surface area contributed by atoms with Gasteiger partial charge >= 0.3 is 0 Å². The lowest BCUT2D eigenvalue weighted by Gasteiger charge is -2.06. The van der Waals surface area contributed by atoms with Crippen LogP contribution in [-0.4, -0.2) is 34.2 Å². The van der Waals surface area contributed by atoms with E-state index in [1.54, 1.807) is 0 Å². The lowest BCUT2D eigenvalue weighted by atomic mass is 10.2. The number of hydrogen-bond donors (Lipinski definition) is 2. The summed E-state index contributed by atoms with van der Waals surface area (Å²) >= 11 is 0. The van der Waals surface area contributed by atoms with E-state index in [4.69, 9.17) is 5.73 Å². The van der Waals surface area contributed by atoms with Gasteiger partial charge in [0.2, 0.25) is 5.91 Å². The van der Waals surface area contributed by atoms with E-state index in [1.165, 1.54) is 0 Å². The van der Waals surface area contributed by atoms with Crippen molar-refractivity contribution >= 4 is 16.7 Å². The van der Waals surface area contributed by atoms with Crippen LogP contribution in [0.25, 0.3) is 0 Å². The van der Waals surface area contributed by atoms with Crippen molar-refractivity contribution in [2.24, 2.45) is 5.73 Å². The Morgan fingerprint density at radius 3 is 2.71 bits per heavy atom. The van der Waals surface area contributed by atoms with Crippen LogP contribution in [0.15, 0.2) is 0 Å². The molecule has 84 valence electrons. The zero-order valence-corrected chi connectivity index (χ0v) is 9.73. The maximum atomic E-state index is 11.2. The Morgan fingerprint density at radius 2 is 2.21 bits per heavy atom. The molecule has 3 N–H and O–H groups in total. The number of nitrogens with one attached hydrogen (secondary N) is 1. The van der Waals surface area contributed by atoms with Gasteiger partial charge in [-0.2, -0.15) is 0 Å². The van der Waals surface area contributed by atoms with Crippen LogP contribution in [0.3, 0.4) is 0 Å². The van der Waals surface area contributed by atoms with Crippen LogP contribution in [0.5, 0.6) is 0 Å². The molecule has 14 heavy (non-hydrogen) atoms. The third-order valence-electron chi connectivity index (χ3n) is 1.80. The third kappa shape index (κ3) is 8.19. The van der Waals surface area contributed by atoms with Crippen molar-refractivity contribution < 1.29 is 9.00 Å². The van der Waals surface area contributed by atoms with Crippen molar-refractivity contribution in [3.8, 4) is 0 Å². The molecule has 0 aromatic rings. The van der Waals surface area contributed by atoms with E-state index in [1.807, 2.05) is 13.8 Å². The zero-order valence-electron chi connectivity index (χ0n) is 8.91. The molecule has 0 aromatic heterocycles. The minimum Gasteiger partial charge on any atom is -0.355 e. The van der Waals surface area contributed by atoms with E-state index in [2.05, 4.69) is 5.32 Å². The van der Waals surface area contributed by atoms with E-state index in [0.717, 1.165) is 0 Å². The van der Waals surface area contributed by atoms with Crippen molar-refractivity contribution in [3.63, 3.8) is 0 Å². The van der Waals surface area contributed by atoms with Crippen LogP contribution in [0.2, 0.25) is 0 Å². The lowest BCUT2D eigenvalue weighted by Crippen LogP contribution is -2.29. The second-order valence-electron chi connectivity index (χ2n) is 3.30. The molecule has 0 rings (SSSR count). The maximum Gasteiger partial charge on any atom is 0.220 e. The summed E-state index contributed by atoms with van der Waals surface area (Å²) in [6.07, 6.45) is 1.15. The molecule has 1 amide bonds. The topological polar surface area (TPSA) is 72.2 Å². The molecule has 0 saturated carbocycles. The van der Waals surface area contributed by atoms with Crippen LogP contribution < -0.4 is 11.1 Å². The van der Waals surface area contributed by atoms with Crippen LogP contribution in [0.4, 0.5) is 0 Å². The highest BCUT2D eigenvalue weighted by atomic mass is 32.2. The molecule has 0 radical (unpaired) electrons. The summed E-state index contributed by atoms with van der Waals surface area (Å²) in [4.78, 5) is 11.2. The van der Waals surface area contributed by atoms with Gasteiger partial charge in [0.1, 0.15) is 0 Å². The Balaban J connectivity index is 3.40. The van der Waals surface area contributed by atoms with E-state index in [-0.39, 0.29) is 11.9 Å². The predicted octanol–water partition coefficient (Wildman–Crippen LogP) is -0.00140. The minimum atomic E-state index is -0.796. The summed E-state index contributed by atoms with van der Waals surface area (Å²) in [5, 5.41) is 2.72. The first-order valence-electron chi connectivity index (χ1n) is 4.93. The molecular formula is C9H20N2O2S. The van der Waals surface area contributed by atoms with Gasteiger partial charge in [0.25, 0.3) is 0 Å². The van der Waals surface area contributed by atoms with Crippen molar-refractivity contribution in [1.82, 2.24) is 5.32 Å². The summed E-state index contributed by atoms with van der Waals surface area (Å²) in [5.74, 6) is 1.19. The minimum absolute atomic E-state index is 0.00426. The summed E-state index contributed by atoms with van der Waals surface area (Å²) < 4.78 is 11.0. The first-order chi connectivity index (χ1) is 6.56. The predicted molar refractivity (Wildman–Crippen MR) is 59.4 cm³/mol. The van der Waals surface area contributed by atoms with Crippen LogP contribution >= 0.6 is 0 Å². The van der Waals surface area contributed by atoms with Gasteiger partial charge in [0, 0.05) is 41.3 Å². The molecule has 0 spiro atoms. The van der Waals surface area contributed by atoms with Gasteiger partial charge in [0.15, 0.2) is 0 Å². The first-order valence-corrected chi connectivity index (χ1v) is 6.42. The number of nitrogens with two attached hydrogens (primary N) is 1. The Morgan fingerprint density at radius 1 is 1.57 bits per heavy atom. The van der Waals surface area contributed by atoms with Gasteiger partial charge in [-0.1, -0.05) is 6.92 Å². The van der Waals surface area contributed by atoms with Crippen LogP contribution in [0, 0.1) is 0 Å². The lowest BCUT2D eigenvalue weighted by molar-refractivity contribution is -0.121. The van der Waals surface area contributed by atoms with E-state index < -0.39 is 10.8 Å². The highest BCUT2D eigenvalue weighted by Crippen LogP contribution is 1.92. The van der Waals surface area contributed by atoms with Crippen LogP contribution in [0.1, 0.15) is 26.7 Å². The number of hydrogen-bond acceptors (Lipinski definition) is 3. The monoisotopic (exact) mass is 220 g/mol. The fraction of sp³-hybridized carbons (Fsp3) is 0.889. The molecular weight excluding hydrogens is 200 g/mol. The van der Waals surface area contributed by atoms with Crippen molar-refractivity contribution in [2.45, 2.75) is 32.7 Å². The number of amides is 1. The highest BCUT2D eigenvalue weighted by molar-refractivity contribution is 7.84. The van der Waals surface area contributed by atoms with Gasteiger partial charge in [0.05, 0.1) is 0 Å². The Bertz CT molecular complexity index is 195. The normalized spacial score (nSPS) is 14.8. The Labute approximate surface area is 88.1 Å². The summed E-state index contributed by atoms with van der Waals surface area (Å²) in [6.45, 7) is 4.24. The molecule has 0 aromatic carbocycles. The smallest absolute Gasteiger partial charge is 0.220 e. The molecule has 4 nitrogen and oxygen atoms in total. The van der Waals surface area contributed by atoms with E-state index >= 15 is 0 Å². The highest BCUT2D eigenvalue weighted by Gasteiger charge is 2.03. The van der Waals surface area contributed by atoms with Crippen molar-refractivity contribution in [1.29, 1.82) is 0 Å². The molecule has 0 saturated heterocycles. The molecule has 2 atom stereocenters. The number of carbonyl (C=O) groups excluding carboxylic acids is 1. The quantitative estimate of drug-likeness (QED) is 0.634. The van der Waals surface area contributed by atoms with E-state index in [0.29, 0.717) is 30.9 Å². The first kappa shape index (κ1) is 13.6. The molecule has 0 aliphatic rings. The van der Waals surface area contributed by atoms with Crippen LogP contribution in [-0.2, 0) is 15.6 Å². The number of rotatable bonds is 7. The third-order valence-corrected chi connectivity index (χ3v) is 3.10. The van der Waals surface area contributed by atoms with Gasteiger partial charge in [-0.05, 0) is 13.3 Å². The van der Waals surface area contributed by atoms with Gasteiger partial charge in [-0.25, -0.2) is 0 Å². The second kappa shape index (κ2) is 7.94. The van der Waals surface area contributed by atoms with Crippen molar-refractivity contribution in [3.05, 3.63) is 0 Å². The fourth-order valence-electron chi connectivity index (χ4n) is 0.896. The largest absolute Gasteiger partial charge is 0.355 e. The summed E-state index contributed by atoms with van der Waals surface area (Å²) in [7, 11) is -0.796. The molecule has 0 aliphatic carbocycles. The Hall–Kier alpha value is -0.420. The average Bonchev–Trinajstić information content (AvgIpc) is 2.14. The maximum absolute atomic E-state index is 11.2. The molecule has 2 unspecified atom stereocenters. The molecule has 5 heteroatoms. The molecule has 0 fully saturated rings. The zero-order chi connectivity index (χ0) is 11.0. The summed E-state index contributed by atoms with van der Waals surface area (Å²) in [5.41, 5.74) is 5.51. The van der Waals surface area contributed by atoms with Crippen molar-refractivity contribution in [2.75, 3.05) is 18.1 Å². The number of carbonyl (C=O) groups is 1. The van der Waals surface area contributed by atoms with Gasteiger partial charge in [-0.3, -0.25) is 9.00 Å². The summed E-state index contributed by atoms with van der Waals surface area (Å²) in [6, 6.07) is 0.0607. The van der Waals surface area contributed by atoms with E-state index in [9.17, 15) is 9.00 Å².